The van der Waals surface area contributed by atoms with Crippen LogP contribution in [0.3, 0.4) is 0 Å². The van der Waals surface area contributed by atoms with E-state index >= 15 is 0 Å². The van der Waals surface area contributed by atoms with Crippen LogP contribution in [0.2, 0.25) is 5.02 Å². The van der Waals surface area contributed by atoms with Gasteiger partial charge in [-0.25, -0.2) is 0 Å². The van der Waals surface area contributed by atoms with Gasteiger partial charge in [-0.1, -0.05) is 16.8 Å². The normalized spacial score (nSPS) is 19.4. The summed E-state index contributed by atoms with van der Waals surface area (Å²) in [6.45, 7) is 0. The predicted octanol–water partition coefficient (Wildman–Crippen LogP) is 6.60. The molecule has 18 heteroatoms. The van der Waals surface area contributed by atoms with Crippen molar-refractivity contribution in [3.05, 3.63) is 46.1 Å². The smallest absolute Gasteiger partial charge is 0.374 e. The maximum atomic E-state index is 13.9. The molecule has 4 rings (SSSR count). The first-order chi connectivity index (χ1) is 17.7. The van der Waals surface area contributed by atoms with Crippen molar-refractivity contribution in [2.45, 2.75) is 43.1 Å². The zero-order chi connectivity index (χ0) is 29.3. The molecule has 2 aromatic heterocycles. The van der Waals surface area contributed by atoms with Gasteiger partial charge in [-0.2, -0.15) is 53.4 Å². The predicted molar refractivity (Wildman–Crippen MR) is 110 cm³/mol. The highest BCUT2D eigenvalue weighted by Gasteiger charge is 2.64. The van der Waals surface area contributed by atoms with E-state index in [1.165, 1.54) is 12.1 Å². The number of aromatic nitrogens is 3. The third-order valence-corrected chi connectivity index (χ3v) is 6.24. The van der Waals surface area contributed by atoms with Gasteiger partial charge in [-0.15, -0.1) is 0 Å². The molecule has 2 N–H and O–H groups in total. The first kappa shape index (κ1) is 29.1. The first-order valence-electron chi connectivity index (χ1n) is 10.6. The number of aryl methyl sites for hydroxylation is 1. The lowest BCUT2D eigenvalue weighted by Crippen LogP contribution is -2.36. The van der Waals surface area contributed by atoms with E-state index in [4.69, 9.17) is 16.1 Å². The Bertz CT molecular complexity index is 1380. The number of halogens is 12. The molecule has 1 saturated carbocycles. The van der Waals surface area contributed by atoms with Crippen LogP contribution in [0, 0.1) is 5.92 Å². The van der Waals surface area contributed by atoms with E-state index < -0.39 is 65.3 Å². The number of benzene rings is 1. The van der Waals surface area contributed by atoms with E-state index in [2.05, 4.69) is 15.6 Å². The van der Waals surface area contributed by atoms with Crippen LogP contribution in [0.5, 0.6) is 0 Å². The van der Waals surface area contributed by atoms with Crippen molar-refractivity contribution >= 4 is 11.6 Å². The highest BCUT2D eigenvalue weighted by atomic mass is 35.5. The molecule has 1 aliphatic carbocycles. The molecule has 0 radical (unpaired) electrons. The molecule has 6 nitrogen and oxygen atoms in total. The molecule has 0 bridgehead atoms. The van der Waals surface area contributed by atoms with Gasteiger partial charge in [0.1, 0.15) is 23.2 Å². The maximum absolute atomic E-state index is 13.9. The lowest BCUT2D eigenvalue weighted by molar-refractivity contribution is -0.292. The largest absolute Gasteiger partial charge is 0.459 e. The second-order valence-electron chi connectivity index (χ2n) is 8.64. The Balaban J connectivity index is 1.70. The quantitative estimate of drug-likeness (QED) is 0.247. The van der Waals surface area contributed by atoms with Crippen molar-refractivity contribution in [3.63, 3.8) is 0 Å². The molecule has 214 valence electrons. The fourth-order valence-electron chi connectivity index (χ4n) is 3.90. The number of hydrogen-bond donors (Lipinski definition) is 2. The Labute approximate surface area is 215 Å². The highest BCUT2D eigenvalue weighted by molar-refractivity contribution is 6.31. The Kier molecular flexibility index (Phi) is 6.96. The van der Waals surface area contributed by atoms with E-state index in [1.807, 2.05) is 0 Å². The third-order valence-electron chi connectivity index (χ3n) is 5.89. The molecule has 0 aliphatic heterocycles. The number of nitrogens with zero attached hydrogens (tertiary/aromatic N) is 3. The summed E-state index contributed by atoms with van der Waals surface area (Å²) in [6.07, 6.45) is -18.6. The number of rotatable bonds is 6. The van der Waals surface area contributed by atoms with E-state index in [0.717, 1.165) is 12.1 Å². The molecule has 0 amide bonds. The van der Waals surface area contributed by atoms with Crippen LogP contribution in [-0.4, -0.2) is 38.4 Å². The average Bonchev–Trinajstić information content (AvgIpc) is 3.23. The summed E-state index contributed by atoms with van der Waals surface area (Å²) >= 11 is 6.02. The van der Waals surface area contributed by atoms with Gasteiger partial charge in [-0.3, -0.25) is 10.00 Å². The van der Waals surface area contributed by atoms with Crippen LogP contribution in [0.25, 0.3) is 22.7 Å². The second-order valence-corrected chi connectivity index (χ2v) is 9.05. The van der Waals surface area contributed by atoms with Gasteiger partial charge in [0.25, 0.3) is 0 Å². The minimum Gasteiger partial charge on any atom is -0.374 e. The summed E-state index contributed by atoms with van der Waals surface area (Å²) in [6, 6.07) is 3.23. The lowest BCUT2D eigenvalue weighted by Gasteiger charge is -2.19. The number of alkyl halides is 11. The maximum Gasteiger partial charge on any atom is 0.459 e. The van der Waals surface area contributed by atoms with Crippen molar-refractivity contribution in [3.8, 4) is 22.7 Å². The standard InChI is InChI=1S/C21H14ClF11N4O2/c1-37-15(14(20(28,29)30)16(35-37)18(23,24)21(31,32)33)12-6-13(39-36-12)7-2-3-10(22)8(4-7)17(38)34-11-5-9(11)19(25,26)27/h2-4,6,9,11,17,34,38H,5H2,1H3/t9-,11-,17-/m0/s1. The summed E-state index contributed by atoms with van der Waals surface area (Å²) < 4.78 is 151. The van der Waals surface area contributed by atoms with Crippen molar-refractivity contribution < 1.29 is 57.9 Å². The fraction of sp³-hybridized carbons (Fsp3) is 0.429. The van der Waals surface area contributed by atoms with Crippen LogP contribution in [0.1, 0.15) is 29.5 Å². The number of hydrogen-bond acceptors (Lipinski definition) is 5. The third kappa shape index (κ3) is 5.43. The molecule has 0 spiro atoms. The molecular weight excluding hydrogens is 585 g/mol. The monoisotopic (exact) mass is 598 g/mol. The van der Waals surface area contributed by atoms with E-state index in [9.17, 15) is 53.4 Å². The average molecular weight is 599 g/mol. The molecule has 1 aliphatic rings. The summed E-state index contributed by atoms with van der Waals surface area (Å²) in [5, 5.41) is 18.7. The van der Waals surface area contributed by atoms with Crippen LogP contribution >= 0.6 is 11.6 Å². The topological polar surface area (TPSA) is 76.1 Å². The molecule has 1 aromatic carbocycles. The Morgan fingerprint density at radius 3 is 2.23 bits per heavy atom. The van der Waals surface area contributed by atoms with Crippen molar-refractivity contribution in [2.24, 2.45) is 13.0 Å². The van der Waals surface area contributed by atoms with Crippen molar-refractivity contribution in [2.75, 3.05) is 0 Å². The first-order valence-corrected chi connectivity index (χ1v) is 11.0. The SMILES string of the molecule is Cn1nc(C(F)(F)C(F)(F)F)c(C(F)(F)F)c1-c1cc(-c2ccc(Cl)c([C@H](O)N[C@H]3C[C@@H]3C(F)(F)F)c2)on1. The summed E-state index contributed by atoms with van der Waals surface area (Å²) in [5.74, 6) is -7.98. The van der Waals surface area contributed by atoms with Crippen LogP contribution in [0.15, 0.2) is 28.8 Å². The molecular formula is C21H14ClF11N4O2. The zero-order valence-electron chi connectivity index (χ0n) is 19.0. The number of nitrogens with one attached hydrogen (secondary N) is 1. The van der Waals surface area contributed by atoms with Crippen LogP contribution in [0.4, 0.5) is 48.3 Å². The molecule has 0 saturated heterocycles. The summed E-state index contributed by atoms with van der Waals surface area (Å²) in [5.41, 5.74) is -7.17. The molecule has 1 fully saturated rings. The summed E-state index contributed by atoms with van der Waals surface area (Å²) in [4.78, 5) is 0. The van der Waals surface area contributed by atoms with Gasteiger partial charge in [0, 0.05) is 35.3 Å². The highest BCUT2D eigenvalue weighted by Crippen LogP contribution is 2.50. The molecule has 39 heavy (non-hydrogen) atoms. The minimum atomic E-state index is -6.39. The number of aliphatic hydroxyl groups is 1. The van der Waals surface area contributed by atoms with E-state index in [0.29, 0.717) is 7.05 Å². The van der Waals surface area contributed by atoms with Gasteiger partial charge < -0.3 is 9.63 Å². The van der Waals surface area contributed by atoms with E-state index in [1.54, 1.807) is 0 Å². The van der Waals surface area contributed by atoms with Gasteiger partial charge in [0.15, 0.2) is 11.5 Å². The Hall–Kier alpha value is -2.92. The molecule has 0 unspecified atom stereocenters. The lowest BCUT2D eigenvalue weighted by atomic mass is 10.0. The fourth-order valence-corrected chi connectivity index (χ4v) is 4.12. The second kappa shape index (κ2) is 9.33. The molecule has 3 atom stereocenters. The zero-order valence-corrected chi connectivity index (χ0v) is 19.7. The molecule has 2 heterocycles. The van der Waals surface area contributed by atoms with E-state index in [-0.39, 0.29) is 33.0 Å². The van der Waals surface area contributed by atoms with Crippen molar-refractivity contribution in [1.29, 1.82) is 0 Å². The van der Waals surface area contributed by atoms with Gasteiger partial charge in [0.2, 0.25) is 0 Å². The van der Waals surface area contributed by atoms with Gasteiger partial charge in [0.05, 0.1) is 5.92 Å². The summed E-state index contributed by atoms with van der Waals surface area (Å²) in [7, 11) is 0.698. The molecule has 3 aromatic rings. The minimum absolute atomic E-state index is 0.0197. The Morgan fingerprint density at radius 1 is 1.05 bits per heavy atom. The van der Waals surface area contributed by atoms with Crippen LogP contribution < -0.4 is 5.32 Å². The van der Waals surface area contributed by atoms with Crippen LogP contribution in [-0.2, 0) is 19.1 Å². The van der Waals surface area contributed by atoms with Gasteiger partial charge >= 0.3 is 24.5 Å². The number of aliphatic hydroxyl groups excluding tert-OH is 1. The van der Waals surface area contributed by atoms with Crippen molar-refractivity contribution in [1.82, 2.24) is 20.3 Å². The van der Waals surface area contributed by atoms with Gasteiger partial charge in [-0.05, 0) is 24.6 Å². The Morgan fingerprint density at radius 2 is 1.69 bits per heavy atom.